The molecule has 1 fully saturated rings. The van der Waals surface area contributed by atoms with Crippen LogP contribution in [0.1, 0.15) is 18.6 Å². The molecule has 2 N–H and O–H groups in total. The molecule has 0 radical (unpaired) electrons. The van der Waals surface area contributed by atoms with Crippen LogP contribution in [0.15, 0.2) is 29.3 Å². The van der Waals surface area contributed by atoms with Gasteiger partial charge in [0.25, 0.3) is 0 Å². The van der Waals surface area contributed by atoms with Crippen molar-refractivity contribution in [1.82, 2.24) is 30.3 Å². The highest BCUT2D eigenvalue weighted by atomic mass is 19.1. The number of ether oxygens (including phenoxy) is 2. The highest BCUT2D eigenvalue weighted by Crippen LogP contribution is 2.12. The van der Waals surface area contributed by atoms with Crippen molar-refractivity contribution in [2.75, 3.05) is 45.9 Å². The lowest BCUT2D eigenvalue weighted by atomic mass is 10.3. The van der Waals surface area contributed by atoms with E-state index in [0.29, 0.717) is 24.8 Å². The number of hydrogen-bond acceptors (Lipinski definition) is 6. The Labute approximate surface area is 182 Å². The number of benzene rings is 1. The predicted molar refractivity (Wildman–Crippen MR) is 117 cm³/mol. The summed E-state index contributed by atoms with van der Waals surface area (Å²) in [5.41, 5.74) is 0. The van der Waals surface area contributed by atoms with Crippen molar-refractivity contribution in [3.63, 3.8) is 0 Å². The molecular weight excluding hydrogens is 401 g/mol. The molecule has 3 rings (SSSR count). The fourth-order valence-corrected chi connectivity index (χ4v) is 3.10. The number of aromatic nitrogens is 3. The van der Waals surface area contributed by atoms with Crippen LogP contribution in [0.25, 0.3) is 0 Å². The topological polar surface area (TPSA) is 88.8 Å². The molecule has 2 heterocycles. The number of hydrogen-bond donors (Lipinski definition) is 2. The minimum Gasteiger partial charge on any atom is -0.489 e. The van der Waals surface area contributed by atoms with Crippen molar-refractivity contribution >= 4 is 5.96 Å². The molecule has 0 aliphatic carbocycles. The monoisotopic (exact) mass is 433 g/mol. The molecule has 170 valence electrons. The molecule has 1 aliphatic rings. The third-order valence-corrected chi connectivity index (χ3v) is 5.09. The molecule has 1 saturated heterocycles. The van der Waals surface area contributed by atoms with Gasteiger partial charge in [-0.2, -0.15) is 0 Å². The molecule has 0 saturated carbocycles. The Hall–Kier alpha value is -2.72. The second-order valence-electron chi connectivity index (χ2n) is 7.53. The number of aliphatic imine (C=N–C) groups is 1. The van der Waals surface area contributed by atoms with E-state index in [9.17, 15) is 4.39 Å². The van der Waals surface area contributed by atoms with Crippen molar-refractivity contribution in [3.05, 3.63) is 41.7 Å². The van der Waals surface area contributed by atoms with Gasteiger partial charge in [-0.1, -0.05) is 0 Å². The first-order valence-electron chi connectivity index (χ1n) is 10.6. The maximum Gasteiger partial charge on any atom is 0.191 e. The van der Waals surface area contributed by atoms with Gasteiger partial charge < -0.3 is 24.7 Å². The van der Waals surface area contributed by atoms with Crippen LogP contribution in [0, 0.1) is 12.7 Å². The van der Waals surface area contributed by atoms with E-state index in [1.807, 2.05) is 25.5 Å². The smallest absolute Gasteiger partial charge is 0.191 e. The van der Waals surface area contributed by atoms with Crippen LogP contribution in [0.2, 0.25) is 0 Å². The zero-order valence-electron chi connectivity index (χ0n) is 18.5. The van der Waals surface area contributed by atoms with Gasteiger partial charge in [-0.25, -0.2) is 9.38 Å². The second-order valence-corrected chi connectivity index (χ2v) is 7.53. The molecule has 0 amide bonds. The van der Waals surface area contributed by atoms with Gasteiger partial charge in [0.05, 0.1) is 19.8 Å². The van der Waals surface area contributed by atoms with E-state index in [-0.39, 0.29) is 11.9 Å². The SMILES string of the molecule is Cc1nnc(CN=C(NCCN2CCOCC2)NCC(C)Oc2ccc(F)cc2)n1C. The number of aryl methyl sites for hydroxylation is 1. The molecule has 0 bridgehead atoms. The van der Waals surface area contributed by atoms with E-state index in [4.69, 9.17) is 9.47 Å². The zero-order valence-corrected chi connectivity index (χ0v) is 18.5. The van der Waals surface area contributed by atoms with E-state index >= 15 is 0 Å². The summed E-state index contributed by atoms with van der Waals surface area (Å²) in [6.07, 6.45) is -0.131. The number of guanidine groups is 1. The first-order chi connectivity index (χ1) is 15.0. The summed E-state index contributed by atoms with van der Waals surface area (Å²) in [7, 11) is 1.93. The molecule has 9 nitrogen and oxygen atoms in total. The maximum atomic E-state index is 13.1. The predicted octanol–water partition coefficient (Wildman–Crippen LogP) is 1.10. The summed E-state index contributed by atoms with van der Waals surface area (Å²) in [6, 6.07) is 6.02. The summed E-state index contributed by atoms with van der Waals surface area (Å²) in [6.45, 7) is 9.94. The summed E-state index contributed by atoms with van der Waals surface area (Å²) in [5.74, 6) is 2.67. The molecule has 2 aromatic rings. The van der Waals surface area contributed by atoms with Crippen LogP contribution in [-0.2, 0) is 18.3 Å². The van der Waals surface area contributed by atoms with Crippen molar-refractivity contribution in [2.24, 2.45) is 12.0 Å². The average molecular weight is 434 g/mol. The summed E-state index contributed by atoms with van der Waals surface area (Å²) >= 11 is 0. The van der Waals surface area contributed by atoms with E-state index in [2.05, 4.69) is 30.7 Å². The Kier molecular flexibility index (Phi) is 8.60. The largest absolute Gasteiger partial charge is 0.489 e. The van der Waals surface area contributed by atoms with E-state index in [1.165, 1.54) is 12.1 Å². The van der Waals surface area contributed by atoms with Crippen LogP contribution in [0.3, 0.4) is 0 Å². The summed E-state index contributed by atoms with van der Waals surface area (Å²) < 4.78 is 26.2. The van der Waals surface area contributed by atoms with E-state index < -0.39 is 0 Å². The Bertz CT molecular complexity index is 835. The van der Waals surface area contributed by atoms with Crippen LogP contribution in [-0.4, -0.2) is 77.7 Å². The van der Waals surface area contributed by atoms with Gasteiger partial charge in [-0.05, 0) is 38.1 Å². The number of nitrogens with one attached hydrogen (secondary N) is 2. The lowest BCUT2D eigenvalue weighted by Gasteiger charge is -2.27. The normalized spacial score (nSPS) is 16.2. The molecule has 1 aromatic carbocycles. The van der Waals surface area contributed by atoms with Gasteiger partial charge in [-0.3, -0.25) is 4.90 Å². The minimum absolute atomic E-state index is 0.131. The Morgan fingerprint density at radius 1 is 1.23 bits per heavy atom. The molecular formula is C21H32FN7O2. The molecule has 1 atom stereocenters. The van der Waals surface area contributed by atoms with Gasteiger partial charge in [0, 0.05) is 33.2 Å². The average Bonchev–Trinajstić information content (AvgIpc) is 3.10. The van der Waals surface area contributed by atoms with Crippen LogP contribution >= 0.6 is 0 Å². The molecule has 10 heteroatoms. The molecule has 1 unspecified atom stereocenters. The summed E-state index contributed by atoms with van der Waals surface area (Å²) in [4.78, 5) is 7.03. The highest BCUT2D eigenvalue weighted by molar-refractivity contribution is 5.79. The van der Waals surface area contributed by atoms with Crippen molar-refractivity contribution in [3.8, 4) is 5.75 Å². The Morgan fingerprint density at radius 2 is 1.97 bits per heavy atom. The Balaban J connectivity index is 1.53. The third kappa shape index (κ3) is 7.48. The van der Waals surface area contributed by atoms with E-state index in [1.54, 1.807) is 12.1 Å². The van der Waals surface area contributed by atoms with Gasteiger partial charge in [0.2, 0.25) is 0 Å². The third-order valence-electron chi connectivity index (χ3n) is 5.09. The standard InChI is InChI=1S/C21H32FN7O2/c1-16(31-19-6-4-18(22)5-7-19)14-24-21(23-8-9-29-10-12-30-13-11-29)25-15-20-27-26-17(2)28(20)3/h4-7,16H,8-15H2,1-3H3,(H2,23,24,25). The van der Waals surface area contributed by atoms with Crippen LogP contribution < -0.4 is 15.4 Å². The fourth-order valence-electron chi connectivity index (χ4n) is 3.10. The second kappa shape index (κ2) is 11.6. The number of halogens is 1. The summed E-state index contributed by atoms with van der Waals surface area (Å²) in [5, 5.41) is 15.0. The lowest BCUT2D eigenvalue weighted by molar-refractivity contribution is 0.0389. The highest BCUT2D eigenvalue weighted by Gasteiger charge is 2.11. The Morgan fingerprint density at radius 3 is 2.65 bits per heavy atom. The maximum absolute atomic E-state index is 13.1. The van der Waals surface area contributed by atoms with Crippen molar-refractivity contribution < 1.29 is 13.9 Å². The van der Waals surface area contributed by atoms with E-state index in [0.717, 1.165) is 51.0 Å². The van der Waals surface area contributed by atoms with Crippen LogP contribution in [0.5, 0.6) is 5.75 Å². The van der Waals surface area contributed by atoms with Gasteiger partial charge >= 0.3 is 0 Å². The minimum atomic E-state index is -0.281. The quantitative estimate of drug-likeness (QED) is 0.452. The van der Waals surface area contributed by atoms with Crippen LogP contribution in [0.4, 0.5) is 4.39 Å². The zero-order chi connectivity index (χ0) is 22.1. The molecule has 1 aliphatic heterocycles. The number of rotatable bonds is 9. The first kappa shape index (κ1) is 23.0. The molecule has 0 spiro atoms. The van der Waals surface area contributed by atoms with Gasteiger partial charge in [0.15, 0.2) is 11.8 Å². The fraction of sp³-hybridized carbons (Fsp3) is 0.571. The van der Waals surface area contributed by atoms with Gasteiger partial charge in [-0.15, -0.1) is 10.2 Å². The van der Waals surface area contributed by atoms with Crippen molar-refractivity contribution in [2.45, 2.75) is 26.5 Å². The first-order valence-corrected chi connectivity index (χ1v) is 10.6. The molecule has 1 aromatic heterocycles. The number of nitrogens with zero attached hydrogens (tertiary/aromatic N) is 5. The van der Waals surface area contributed by atoms with Crippen molar-refractivity contribution in [1.29, 1.82) is 0 Å². The lowest BCUT2D eigenvalue weighted by Crippen LogP contribution is -2.46. The van der Waals surface area contributed by atoms with Gasteiger partial charge in [0.1, 0.15) is 30.0 Å². The number of morpholine rings is 1. The molecule has 31 heavy (non-hydrogen) atoms.